The van der Waals surface area contributed by atoms with Gasteiger partial charge in [0.2, 0.25) is 5.91 Å². The minimum absolute atomic E-state index is 0.0138. The van der Waals surface area contributed by atoms with Gasteiger partial charge in [-0.05, 0) is 12.1 Å². The Kier molecular flexibility index (Phi) is 6.41. The van der Waals surface area contributed by atoms with Crippen LogP contribution in [0.2, 0.25) is 10.0 Å². The van der Waals surface area contributed by atoms with Gasteiger partial charge in [-0.3, -0.25) is 9.63 Å². The van der Waals surface area contributed by atoms with E-state index in [0.29, 0.717) is 15.8 Å². The number of carbonyl (C=O) groups is 2. The van der Waals surface area contributed by atoms with Gasteiger partial charge in [-0.2, -0.15) is 0 Å². The van der Waals surface area contributed by atoms with Crippen LogP contribution in [0.25, 0.3) is 0 Å². The molecule has 0 unspecified atom stereocenters. The summed E-state index contributed by atoms with van der Waals surface area (Å²) in [6, 6.07) is 4.73. The highest BCUT2D eigenvalue weighted by Gasteiger charge is 2.05. The molecule has 1 aromatic rings. The van der Waals surface area contributed by atoms with Gasteiger partial charge in [0.25, 0.3) is 0 Å². The van der Waals surface area contributed by atoms with Crippen LogP contribution in [-0.2, 0) is 14.4 Å². The molecule has 0 radical (unpaired) electrons. The monoisotopic (exact) mass is 307 g/mol. The van der Waals surface area contributed by atoms with Crippen molar-refractivity contribution in [2.45, 2.75) is 6.42 Å². The van der Waals surface area contributed by atoms with Crippen LogP contribution in [0.5, 0.6) is 5.75 Å². The second-order valence-corrected chi connectivity index (χ2v) is 4.20. The average Bonchev–Trinajstić information content (AvgIpc) is 2.33. The van der Waals surface area contributed by atoms with Crippen LogP contribution in [0.3, 0.4) is 0 Å². The van der Waals surface area contributed by atoms with Crippen LogP contribution >= 0.6 is 23.2 Å². The number of amides is 1. The fourth-order valence-electron chi connectivity index (χ4n) is 1.06. The van der Waals surface area contributed by atoms with Crippen molar-refractivity contribution in [3.63, 3.8) is 0 Å². The summed E-state index contributed by atoms with van der Waals surface area (Å²) < 4.78 is 5.26. The molecule has 1 aromatic carbocycles. The van der Waals surface area contributed by atoms with Crippen molar-refractivity contribution in [1.82, 2.24) is 5.48 Å². The molecule has 1 rings (SSSR count). The second-order valence-electron chi connectivity index (χ2n) is 3.38. The molecule has 0 fully saturated rings. The van der Waals surface area contributed by atoms with Crippen molar-refractivity contribution >= 4 is 35.1 Å². The zero-order valence-corrected chi connectivity index (χ0v) is 11.2. The molecule has 0 aromatic heterocycles. The third-order valence-electron chi connectivity index (χ3n) is 1.87. The average molecular weight is 308 g/mol. The van der Waals surface area contributed by atoms with E-state index < -0.39 is 18.5 Å². The van der Waals surface area contributed by atoms with E-state index in [4.69, 9.17) is 33.0 Å². The zero-order valence-electron chi connectivity index (χ0n) is 9.69. The van der Waals surface area contributed by atoms with Gasteiger partial charge in [0.1, 0.15) is 5.75 Å². The van der Waals surface area contributed by atoms with E-state index in [1.807, 2.05) is 5.48 Å². The molecule has 0 saturated carbocycles. The molecule has 104 valence electrons. The molecule has 2 N–H and O–H groups in total. The van der Waals surface area contributed by atoms with Gasteiger partial charge in [0.15, 0.2) is 6.61 Å². The molecular formula is C11H11Cl2NO5. The highest BCUT2D eigenvalue weighted by atomic mass is 35.5. The summed E-state index contributed by atoms with van der Waals surface area (Å²) in [5.41, 5.74) is 1.97. The third-order valence-corrected chi connectivity index (χ3v) is 2.61. The first kappa shape index (κ1) is 15.6. The molecule has 0 aliphatic heterocycles. The number of hydroxylamine groups is 1. The summed E-state index contributed by atoms with van der Waals surface area (Å²) in [7, 11) is 0. The van der Waals surface area contributed by atoms with E-state index in [1.54, 1.807) is 12.1 Å². The molecule has 0 atom stereocenters. The van der Waals surface area contributed by atoms with Crippen LogP contribution in [0, 0.1) is 0 Å². The number of aliphatic carboxylic acids is 1. The van der Waals surface area contributed by atoms with Crippen LogP contribution in [0.15, 0.2) is 18.2 Å². The van der Waals surface area contributed by atoms with Crippen molar-refractivity contribution in [3.8, 4) is 5.75 Å². The lowest BCUT2D eigenvalue weighted by Gasteiger charge is -2.07. The van der Waals surface area contributed by atoms with Crippen molar-refractivity contribution < 1.29 is 24.3 Å². The lowest BCUT2D eigenvalue weighted by atomic mass is 10.3. The fraction of sp³-hybridized carbons (Fsp3) is 0.273. The first-order chi connectivity index (χ1) is 8.99. The Morgan fingerprint density at radius 1 is 1.26 bits per heavy atom. The van der Waals surface area contributed by atoms with Crippen LogP contribution in [-0.4, -0.2) is 30.2 Å². The lowest BCUT2D eigenvalue weighted by molar-refractivity contribution is -0.149. The number of hydrogen-bond donors (Lipinski definition) is 2. The molecule has 0 spiro atoms. The maximum absolute atomic E-state index is 11.2. The second kappa shape index (κ2) is 7.83. The van der Waals surface area contributed by atoms with Crippen molar-refractivity contribution in [2.75, 3.05) is 13.2 Å². The summed E-state index contributed by atoms with van der Waals surface area (Å²) in [6.45, 7) is -0.500. The molecule has 0 aliphatic rings. The molecule has 0 bridgehead atoms. The number of ether oxygens (including phenoxy) is 1. The quantitative estimate of drug-likeness (QED) is 0.751. The SMILES string of the molecule is O=C(O)CONC(=O)CCOc1ccc(Cl)c(Cl)c1. The molecule has 6 nitrogen and oxygen atoms in total. The van der Waals surface area contributed by atoms with Crippen LogP contribution in [0.4, 0.5) is 0 Å². The summed E-state index contributed by atoms with van der Waals surface area (Å²) in [5.74, 6) is -1.18. The summed E-state index contributed by atoms with van der Waals surface area (Å²) >= 11 is 11.5. The fourth-order valence-corrected chi connectivity index (χ4v) is 1.35. The summed E-state index contributed by atoms with van der Waals surface area (Å²) in [5, 5.41) is 9.04. The van der Waals surface area contributed by atoms with Gasteiger partial charge in [-0.1, -0.05) is 23.2 Å². The van der Waals surface area contributed by atoms with E-state index >= 15 is 0 Å². The minimum Gasteiger partial charge on any atom is -0.493 e. The Morgan fingerprint density at radius 3 is 2.63 bits per heavy atom. The molecule has 0 heterocycles. The predicted molar refractivity (Wildman–Crippen MR) is 68.3 cm³/mol. The maximum atomic E-state index is 11.2. The molecular weight excluding hydrogens is 297 g/mol. The Morgan fingerprint density at radius 2 is 2.00 bits per heavy atom. The number of halogens is 2. The van der Waals surface area contributed by atoms with Gasteiger partial charge in [-0.25, -0.2) is 10.3 Å². The van der Waals surface area contributed by atoms with Crippen molar-refractivity contribution in [3.05, 3.63) is 28.2 Å². The molecule has 8 heteroatoms. The Labute approximate surface area is 119 Å². The molecule has 19 heavy (non-hydrogen) atoms. The van der Waals surface area contributed by atoms with E-state index in [0.717, 1.165) is 0 Å². The van der Waals surface area contributed by atoms with Gasteiger partial charge in [0.05, 0.1) is 23.1 Å². The smallest absolute Gasteiger partial charge is 0.332 e. The Bertz CT molecular complexity index is 466. The first-order valence-electron chi connectivity index (χ1n) is 5.19. The van der Waals surface area contributed by atoms with Gasteiger partial charge in [-0.15, -0.1) is 0 Å². The van der Waals surface area contributed by atoms with Gasteiger partial charge >= 0.3 is 5.97 Å². The Hall–Kier alpha value is -1.50. The van der Waals surface area contributed by atoms with Crippen LogP contribution in [0.1, 0.15) is 6.42 Å². The normalized spacial score (nSPS) is 10.0. The highest BCUT2D eigenvalue weighted by molar-refractivity contribution is 6.42. The van der Waals surface area contributed by atoms with E-state index in [1.165, 1.54) is 6.07 Å². The third kappa shape index (κ3) is 6.28. The number of carbonyl (C=O) groups excluding carboxylic acids is 1. The number of hydrogen-bond acceptors (Lipinski definition) is 4. The molecule has 0 saturated heterocycles. The minimum atomic E-state index is -1.17. The zero-order chi connectivity index (χ0) is 14.3. The molecule has 0 aliphatic carbocycles. The van der Waals surface area contributed by atoms with E-state index in [2.05, 4.69) is 4.84 Å². The van der Waals surface area contributed by atoms with Gasteiger partial charge < -0.3 is 9.84 Å². The summed E-state index contributed by atoms with van der Waals surface area (Å²) in [4.78, 5) is 25.7. The van der Waals surface area contributed by atoms with E-state index in [9.17, 15) is 9.59 Å². The van der Waals surface area contributed by atoms with Gasteiger partial charge in [0, 0.05) is 6.07 Å². The highest BCUT2D eigenvalue weighted by Crippen LogP contribution is 2.26. The number of carboxylic acid groups (broad SMARTS) is 1. The van der Waals surface area contributed by atoms with Crippen molar-refractivity contribution in [2.24, 2.45) is 0 Å². The number of rotatable bonds is 7. The summed E-state index contributed by atoms with van der Waals surface area (Å²) in [6.07, 6.45) is 0.0138. The van der Waals surface area contributed by atoms with Crippen molar-refractivity contribution in [1.29, 1.82) is 0 Å². The lowest BCUT2D eigenvalue weighted by Crippen LogP contribution is -2.27. The van der Waals surface area contributed by atoms with Crippen LogP contribution < -0.4 is 10.2 Å². The maximum Gasteiger partial charge on any atom is 0.332 e. The largest absolute Gasteiger partial charge is 0.493 e. The Balaban J connectivity index is 2.24. The number of benzene rings is 1. The number of nitrogens with one attached hydrogen (secondary N) is 1. The van der Waals surface area contributed by atoms with E-state index in [-0.39, 0.29) is 13.0 Å². The topological polar surface area (TPSA) is 84.9 Å². The number of carboxylic acids is 1. The first-order valence-corrected chi connectivity index (χ1v) is 5.95. The molecule has 1 amide bonds. The predicted octanol–water partition coefficient (Wildman–Crippen LogP) is 1.89. The standard InChI is InChI=1S/C11H11Cl2NO5/c12-8-2-1-7(5-9(8)13)18-4-3-10(15)14-19-6-11(16)17/h1-2,5H,3-4,6H2,(H,14,15)(H,16,17).